The van der Waals surface area contributed by atoms with Crippen LogP contribution in [0.1, 0.15) is 51.9 Å². The Kier molecular flexibility index (Phi) is 3.75. The van der Waals surface area contributed by atoms with Crippen LogP contribution in [0.4, 0.5) is 4.39 Å². The number of piperidine rings is 1. The van der Waals surface area contributed by atoms with Crippen molar-refractivity contribution in [3.8, 4) is 0 Å². The van der Waals surface area contributed by atoms with Crippen LogP contribution in [0, 0.1) is 29.1 Å². The van der Waals surface area contributed by atoms with Crippen molar-refractivity contribution in [3.05, 3.63) is 0 Å². The molecule has 0 aromatic carbocycles. The third kappa shape index (κ3) is 2.48. The fraction of sp³-hybridized carbons (Fsp3) is 0.952. The minimum atomic E-state index is -0.706. The molecular weight excluding hydrogens is 343 g/mol. The minimum absolute atomic E-state index is 0.0972. The molecule has 0 aromatic heterocycles. The summed E-state index contributed by atoms with van der Waals surface area (Å²) in [5.41, 5.74) is 7.68. The van der Waals surface area contributed by atoms with Gasteiger partial charge in [-0.25, -0.2) is 4.39 Å². The largest absolute Gasteiger partial charge is 0.341 e. The molecule has 7 rings (SSSR count). The summed E-state index contributed by atoms with van der Waals surface area (Å²) in [4.78, 5) is 15.4. The lowest BCUT2D eigenvalue weighted by Crippen LogP contribution is -2.65. The summed E-state index contributed by atoms with van der Waals surface area (Å²) < 4.78 is 14.0. The molecule has 0 aromatic rings. The number of nitrogens with zero attached hydrogens (tertiary/aromatic N) is 1. The Morgan fingerprint density at radius 1 is 1.07 bits per heavy atom. The first-order valence-corrected chi connectivity index (χ1v) is 11.2. The van der Waals surface area contributed by atoms with Gasteiger partial charge in [-0.3, -0.25) is 15.6 Å². The highest BCUT2D eigenvalue weighted by Crippen LogP contribution is 2.67. The monoisotopic (exact) mass is 376 g/mol. The highest BCUT2D eigenvalue weighted by atomic mass is 19.1. The van der Waals surface area contributed by atoms with E-state index in [2.05, 4.69) is 28.0 Å². The minimum Gasteiger partial charge on any atom is -0.341 e. The molecule has 2 bridgehead atoms. The van der Waals surface area contributed by atoms with Crippen molar-refractivity contribution in [2.75, 3.05) is 13.1 Å². The van der Waals surface area contributed by atoms with Crippen LogP contribution in [0.5, 0.6) is 0 Å². The lowest BCUT2D eigenvalue weighted by Gasteiger charge is -2.66. The number of likely N-dealkylation sites (tertiary alicyclic amines) is 1. The first kappa shape index (κ1) is 17.2. The number of hydrogen-bond acceptors (Lipinski definition) is 4. The second-order valence-corrected chi connectivity index (χ2v) is 10.7. The van der Waals surface area contributed by atoms with Crippen LogP contribution in [0.3, 0.4) is 0 Å². The predicted molar refractivity (Wildman–Crippen MR) is 100 cm³/mol. The molecule has 3 aliphatic heterocycles. The zero-order chi connectivity index (χ0) is 18.3. The smallest absolute Gasteiger partial charge is 0.239 e. The number of rotatable bonds is 2. The second-order valence-electron chi connectivity index (χ2n) is 10.7. The van der Waals surface area contributed by atoms with Crippen molar-refractivity contribution in [2.45, 2.75) is 82.2 Å². The molecule has 27 heavy (non-hydrogen) atoms. The van der Waals surface area contributed by atoms with Gasteiger partial charge in [0, 0.05) is 37.1 Å². The second kappa shape index (κ2) is 5.90. The Balaban J connectivity index is 1.13. The highest BCUT2D eigenvalue weighted by molar-refractivity contribution is 5.82. The SMILES string of the molecule is CC1CC(F)CC2NC(C(=O)N3CCC4NNC(C56CC(C5)C6)C4C3)CC12. The Morgan fingerprint density at radius 3 is 2.63 bits per heavy atom. The van der Waals surface area contributed by atoms with E-state index in [9.17, 15) is 9.18 Å². The van der Waals surface area contributed by atoms with Gasteiger partial charge in [0.1, 0.15) is 6.17 Å². The average molecular weight is 377 g/mol. The fourth-order valence-electron chi connectivity index (χ4n) is 7.64. The first-order chi connectivity index (χ1) is 13.0. The molecule has 150 valence electrons. The molecule has 3 heterocycles. The van der Waals surface area contributed by atoms with Gasteiger partial charge in [-0.05, 0) is 68.1 Å². The quantitative estimate of drug-likeness (QED) is 0.685. The van der Waals surface area contributed by atoms with Crippen LogP contribution >= 0.6 is 0 Å². The van der Waals surface area contributed by atoms with E-state index in [0.717, 1.165) is 31.8 Å². The van der Waals surface area contributed by atoms with Crippen molar-refractivity contribution in [1.82, 2.24) is 21.1 Å². The van der Waals surface area contributed by atoms with Crippen molar-refractivity contribution in [2.24, 2.45) is 29.1 Å². The molecule has 3 saturated heterocycles. The molecule has 8 unspecified atom stereocenters. The lowest BCUT2D eigenvalue weighted by molar-refractivity contribution is -0.148. The topological polar surface area (TPSA) is 56.4 Å². The standard InChI is InChI=1S/C21H33FN4O/c1-11-4-13(22)5-17-14(11)6-18(23-17)20(27)26-3-2-16-15(10-26)19(25-24-16)21-7-12(8-21)9-21/h11-19,23-25H,2-10H2,1H3. The number of hydrazine groups is 1. The van der Waals surface area contributed by atoms with Crippen LogP contribution in [0.2, 0.25) is 0 Å². The molecule has 7 aliphatic rings. The summed E-state index contributed by atoms with van der Waals surface area (Å²) in [5.74, 6) is 2.65. The zero-order valence-electron chi connectivity index (χ0n) is 16.3. The van der Waals surface area contributed by atoms with E-state index in [1.807, 2.05) is 0 Å². The van der Waals surface area contributed by atoms with Crippen LogP contribution < -0.4 is 16.2 Å². The number of carbonyl (C=O) groups is 1. The van der Waals surface area contributed by atoms with Crippen LogP contribution in [0.15, 0.2) is 0 Å². The van der Waals surface area contributed by atoms with Gasteiger partial charge in [0.2, 0.25) is 5.91 Å². The molecule has 6 heteroatoms. The van der Waals surface area contributed by atoms with E-state index in [0.29, 0.717) is 48.1 Å². The molecule has 3 N–H and O–H groups in total. The third-order valence-corrected chi connectivity index (χ3v) is 9.17. The number of amides is 1. The molecule has 4 saturated carbocycles. The number of carbonyl (C=O) groups excluding carboxylic acids is 1. The molecule has 0 spiro atoms. The Hall–Kier alpha value is -0.720. The molecule has 0 radical (unpaired) electrons. The van der Waals surface area contributed by atoms with Crippen molar-refractivity contribution >= 4 is 5.91 Å². The first-order valence-electron chi connectivity index (χ1n) is 11.2. The van der Waals surface area contributed by atoms with Gasteiger partial charge in [-0.1, -0.05) is 6.92 Å². The maximum atomic E-state index is 14.0. The van der Waals surface area contributed by atoms with E-state index in [4.69, 9.17) is 0 Å². The summed E-state index contributed by atoms with van der Waals surface area (Å²) >= 11 is 0. The van der Waals surface area contributed by atoms with Gasteiger partial charge in [0.05, 0.1) is 6.04 Å². The van der Waals surface area contributed by atoms with Crippen LogP contribution in [0.25, 0.3) is 0 Å². The number of fused-ring (bicyclic) bond motifs is 2. The van der Waals surface area contributed by atoms with Gasteiger partial charge < -0.3 is 10.2 Å². The normalized spacial score (nSPS) is 56.1. The predicted octanol–water partition coefficient (Wildman–Crippen LogP) is 1.59. The van der Waals surface area contributed by atoms with Crippen LogP contribution in [-0.2, 0) is 4.79 Å². The van der Waals surface area contributed by atoms with E-state index in [1.165, 1.54) is 19.3 Å². The zero-order valence-corrected chi connectivity index (χ0v) is 16.3. The van der Waals surface area contributed by atoms with Gasteiger partial charge in [0.15, 0.2) is 0 Å². The van der Waals surface area contributed by atoms with Crippen molar-refractivity contribution in [3.63, 3.8) is 0 Å². The molecule has 5 nitrogen and oxygen atoms in total. The Morgan fingerprint density at radius 2 is 1.89 bits per heavy atom. The molecule has 7 fully saturated rings. The maximum absolute atomic E-state index is 14.0. The summed E-state index contributed by atoms with van der Waals surface area (Å²) in [7, 11) is 0. The molecule has 4 aliphatic carbocycles. The summed E-state index contributed by atoms with van der Waals surface area (Å²) in [6.07, 6.45) is 6.65. The summed E-state index contributed by atoms with van der Waals surface area (Å²) in [6, 6.07) is 1.15. The summed E-state index contributed by atoms with van der Waals surface area (Å²) in [5, 5.41) is 3.52. The number of hydrogen-bond donors (Lipinski definition) is 3. The lowest BCUT2D eigenvalue weighted by atomic mass is 9.40. The highest BCUT2D eigenvalue weighted by Gasteiger charge is 2.64. The Labute approximate surface area is 161 Å². The van der Waals surface area contributed by atoms with Crippen molar-refractivity contribution in [1.29, 1.82) is 0 Å². The van der Waals surface area contributed by atoms with E-state index >= 15 is 0 Å². The van der Waals surface area contributed by atoms with Crippen molar-refractivity contribution < 1.29 is 9.18 Å². The summed E-state index contributed by atoms with van der Waals surface area (Å²) in [6.45, 7) is 3.90. The van der Waals surface area contributed by atoms with Gasteiger partial charge >= 0.3 is 0 Å². The Bertz CT molecular complexity index is 627. The number of halogens is 1. The maximum Gasteiger partial charge on any atom is 0.239 e. The van der Waals surface area contributed by atoms with E-state index in [-0.39, 0.29) is 18.0 Å². The van der Waals surface area contributed by atoms with Gasteiger partial charge in [-0.15, -0.1) is 0 Å². The van der Waals surface area contributed by atoms with Gasteiger partial charge in [-0.2, -0.15) is 0 Å². The number of alkyl halides is 1. The molecular formula is C21H33FN4O. The van der Waals surface area contributed by atoms with E-state index < -0.39 is 6.17 Å². The fourth-order valence-corrected chi connectivity index (χ4v) is 7.64. The molecule has 8 atom stereocenters. The third-order valence-electron chi connectivity index (χ3n) is 9.17. The molecule has 1 amide bonds. The number of nitrogens with one attached hydrogen (secondary N) is 3. The average Bonchev–Trinajstić information content (AvgIpc) is 3.16. The van der Waals surface area contributed by atoms with Gasteiger partial charge in [0.25, 0.3) is 0 Å². The van der Waals surface area contributed by atoms with E-state index in [1.54, 1.807) is 0 Å². The van der Waals surface area contributed by atoms with Crippen LogP contribution in [-0.4, -0.2) is 54.2 Å².